The Morgan fingerprint density at radius 2 is 1.43 bits per heavy atom. The van der Waals surface area contributed by atoms with Gasteiger partial charge in [-0.05, 0) is 22.4 Å². The van der Waals surface area contributed by atoms with E-state index in [1.807, 2.05) is 10.6 Å². The summed E-state index contributed by atoms with van der Waals surface area (Å²) in [4.78, 5) is 4.66. The number of fused-ring (bicyclic) bond motifs is 3. The first kappa shape index (κ1) is 16.7. The summed E-state index contributed by atoms with van der Waals surface area (Å²) in [5.41, 5.74) is 6.80. The molecule has 0 saturated heterocycles. The summed E-state index contributed by atoms with van der Waals surface area (Å²) >= 11 is 0. The van der Waals surface area contributed by atoms with Gasteiger partial charge in [0.25, 0.3) is 0 Å². The zero-order chi connectivity index (χ0) is 19.1. The lowest BCUT2D eigenvalue weighted by Gasteiger charge is -2.19. The van der Waals surface area contributed by atoms with Crippen molar-refractivity contribution < 1.29 is 0 Å². The first-order valence-electron chi connectivity index (χ1n) is 9.65. The molecule has 3 aromatic carbocycles. The molecule has 0 saturated carbocycles. The average molecular weight is 363 g/mol. The van der Waals surface area contributed by atoms with Crippen molar-refractivity contribution in [2.24, 2.45) is 0 Å². The van der Waals surface area contributed by atoms with Gasteiger partial charge in [0.05, 0.1) is 5.69 Å². The first-order valence-corrected chi connectivity index (χ1v) is 9.65. The van der Waals surface area contributed by atoms with Crippen LogP contribution in [0.1, 0.15) is 25.3 Å². The second kappa shape index (κ2) is 6.61. The van der Waals surface area contributed by atoms with Crippen LogP contribution in [0.2, 0.25) is 0 Å². The Morgan fingerprint density at radius 3 is 2.11 bits per heavy atom. The molecule has 0 bridgehead atoms. The Morgan fingerprint density at radius 1 is 0.750 bits per heavy atom. The molecular formula is C25H21N3. The fourth-order valence-electron chi connectivity index (χ4n) is 4.08. The van der Waals surface area contributed by atoms with Gasteiger partial charge in [-0.15, -0.1) is 0 Å². The van der Waals surface area contributed by atoms with Gasteiger partial charge in [-0.2, -0.15) is 5.10 Å². The van der Waals surface area contributed by atoms with Crippen molar-refractivity contribution >= 4 is 16.4 Å². The molecule has 0 amide bonds. The molecule has 3 heteroatoms. The van der Waals surface area contributed by atoms with Gasteiger partial charge in [-0.3, -0.25) is 0 Å². The van der Waals surface area contributed by atoms with E-state index in [4.69, 9.17) is 0 Å². The molecule has 2 aromatic heterocycles. The van der Waals surface area contributed by atoms with E-state index in [0.29, 0.717) is 5.92 Å². The smallest absolute Gasteiger partial charge is 0.164 e. The van der Waals surface area contributed by atoms with Crippen LogP contribution in [0.15, 0.2) is 85.2 Å². The third-order valence-electron chi connectivity index (χ3n) is 5.32. The molecule has 0 aliphatic rings. The van der Waals surface area contributed by atoms with Crippen molar-refractivity contribution in [3.05, 3.63) is 90.8 Å². The molecule has 0 N–H and O–H groups in total. The lowest BCUT2D eigenvalue weighted by Crippen LogP contribution is -2.02. The molecule has 0 aliphatic heterocycles. The minimum Gasteiger partial charge on any atom is -0.215 e. The average Bonchev–Trinajstić information content (AvgIpc) is 3.23. The number of rotatable bonds is 3. The Hall–Kier alpha value is -3.46. The lowest BCUT2D eigenvalue weighted by molar-refractivity contribution is 0.875. The zero-order valence-corrected chi connectivity index (χ0v) is 16.0. The van der Waals surface area contributed by atoms with E-state index in [1.54, 1.807) is 6.33 Å². The highest BCUT2D eigenvalue weighted by atomic mass is 15.3. The Balaban J connectivity index is 2.05. The second-order valence-corrected chi connectivity index (χ2v) is 7.38. The van der Waals surface area contributed by atoms with E-state index in [-0.39, 0.29) is 0 Å². The Kier molecular flexibility index (Phi) is 3.94. The lowest BCUT2D eigenvalue weighted by atomic mass is 9.90. The molecule has 0 unspecified atom stereocenters. The highest BCUT2D eigenvalue weighted by Crippen LogP contribution is 2.41. The van der Waals surface area contributed by atoms with Crippen LogP contribution in [-0.2, 0) is 0 Å². The number of hydrogen-bond donors (Lipinski definition) is 0. The summed E-state index contributed by atoms with van der Waals surface area (Å²) in [6.07, 6.45) is 1.66. The van der Waals surface area contributed by atoms with Gasteiger partial charge in [0.1, 0.15) is 6.33 Å². The number of nitrogens with zero attached hydrogens (tertiary/aromatic N) is 3. The van der Waals surface area contributed by atoms with Gasteiger partial charge < -0.3 is 0 Å². The molecule has 28 heavy (non-hydrogen) atoms. The van der Waals surface area contributed by atoms with E-state index < -0.39 is 0 Å². The van der Waals surface area contributed by atoms with Gasteiger partial charge in [0.2, 0.25) is 0 Å². The maximum atomic E-state index is 4.66. The quantitative estimate of drug-likeness (QED) is 0.374. The van der Waals surface area contributed by atoms with Gasteiger partial charge in [-0.25, -0.2) is 9.50 Å². The van der Waals surface area contributed by atoms with Crippen LogP contribution in [0.4, 0.5) is 0 Å². The molecule has 0 spiro atoms. The Labute approximate surface area is 164 Å². The topological polar surface area (TPSA) is 30.2 Å². The van der Waals surface area contributed by atoms with E-state index in [9.17, 15) is 0 Å². The van der Waals surface area contributed by atoms with Crippen LogP contribution in [0.5, 0.6) is 0 Å². The minimum absolute atomic E-state index is 0.399. The molecular weight excluding hydrogens is 342 g/mol. The predicted molar refractivity (Wildman–Crippen MR) is 115 cm³/mol. The maximum absolute atomic E-state index is 4.66. The molecule has 3 nitrogen and oxygen atoms in total. The third-order valence-corrected chi connectivity index (χ3v) is 5.32. The normalized spacial score (nSPS) is 11.5. The molecule has 2 heterocycles. The molecule has 0 radical (unpaired) electrons. The van der Waals surface area contributed by atoms with Gasteiger partial charge in [0, 0.05) is 16.5 Å². The van der Waals surface area contributed by atoms with Gasteiger partial charge in [0.15, 0.2) is 5.65 Å². The summed E-state index contributed by atoms with van der Waals surface area (Å²) in [7, 11) is 0. The SMILES string of the molecule is CC(C)c1cccc2c(-c3ccccc3)c(-c3ccccc3)n3ncnc3c12. The number of pyridine rings is 1. The predicted octanol–water partition coefficient (Wildman–Crippen LogP) is 6.34. The van der Waals surface area contributed by atoms with Crippen LogP contribution in [0, 0.1) is 0 Å². The first-order chi connectivity index (χ1) is 13.8. The minimum atomic E-state index is 0.399. The van der Waals surface area contributed by atoms with E-state index in [2.05, 4.69) is 96.7 Å². The van der Waals surface area contributed by atoms with E-state index in [1.165, 1.54) is 27.5 Å². The molecule has 0 fully saturated rings. The van der Waals surface area contributed by atoms with Crippen molar-refractivity contribution in [2.45, 2.75) is 19.8 Å². The summed E-state index contributed by atoms with van der Waals surface area (Å²) < 4.78 is 2.01. The highest BCUT2D eigenvalue weighted by molar-refractivity contribution is 6.10. The maximum Gasteiger partial charge on any atom is 0.164 e. The zero-order valence-electron chi connectivity index (χ0n) is 16.0. The Bertz CT molecular complexity index is 1270. The van der Waals surface area contributed by atoms with Crippen molar-refractivity contribution in [3.63, 3.8) is 0 Å². The summed E-state index contributed by atoms with van der Waals surface area (Å²) in [5.74, 6) is 0.399. The van der Waals surface area contributed by atoms with Crippen LogP contribution in [-0.4, -0.2) is 14.6 Å². The van der Waals surface area contributed by atoms with Gasteiger partial charge in [-0.1, -0.05) is 92.7 Å². The number of hydrogen-bond acceptors (Lipinski definition) is 2. The highest BCUT2D eigenvalue weighted by Gasteiger charge is 2.21. The van der Waals surface area contributed by atoms with Crippen LogP contribution in [0.3, 0.4) is 0 Å². The molecule has 5 aromatic rings. The molecule has 136 valence electrons. The van der Waals surface area contributed by atoms with E-state index >= 15 is 0 Å². The number of aromatic nitrogens is 3. The van der Waals surface area contributed by atoms with Crippen molar-refractivity contribution in [1.29, 1.82) is 0 Å². The largest absolute Gasteiger partial charge is 0.215 e. The van der Waals surface area contributed by atoms with Gasteiger partial charge >= 0.3 is 0 Å². The summed E-state index contributed by atoms with van der Waals surface area (Å²) in [6, 6.07) is 27.6. The third kappa shape index (κ3) is 2.51. The summed E-state index contributed by atoms with van der Waals surface area (Å²) in [6.45, 7) is 4.46. The van der Waals surface area contributed by atoms with Crippen LogP contribution in [0.25, 0.3) is 38.8 Å². The number of benzene rings is 3. The van der Waals surface area contributed by atoms with E-state index in [0.717, 1.165) is 16.9 Å². The second-order valence-electron chi connectivity index (χ2n) is 7.38. The van der Waals surface area contributed by atoms with Crippen molar-refractivity contribution in [1.82, 2.24) is 14.6 Å². The van der Waals surface area contributed by atoms with Crippen molar-refractivity contribution in [2.75, 3.05) is 0 Å². The van der Waals surface area contributed by atoms with Crippen molar-refractivity contribution in [3.8, 4) is 22.4 Å². The molecule has 5 rings (SSSR count). The molecule has 0 atom stereocenters. The molecule has 0 aliphatic carbocycles. The standard InChI is InChI=1S/C25H21N3/c1-17(2)20-14-9-15-21-22(18-10-5-3-6-11-18)24(19-12-7-4-8-13-19)28-25(23(20)21)26-16-27-28/h3-17H,1-2H3. The monoisotopic (exact) mass is 363 g/mol. The van der Waals surface area contributed by atoms with Crippen LogP contribution >= 0.6 is 0 Å². The fourth-order valence-corrected chi connectivity index (χ4v) is 4.08. The van der Waals surface area contributed by atoms with Crippen LogP contribution < -0.4 is 0 Å². The summed E-state index contributed by atoms with van der Waals surface area (Å²) in [5, 5.41) is 7.05. The fraction of sp³-hybridized carbons (Fsp3) is 0.120.